The fraction of sp³-hybridized carbons (Fsp3) is 0.732. The molecule has 8 nitrogen and oxygen atoms in total. The van der Waals surface area contributed by atoms with E-state index >= 15 is 0 Å². The van der Waals surface area contributed by atoms with Crippen molar-refractivity contribution in [3.05, 3.63) is 52.7 Å². The number of unbranched alkanes of at least 4 members (excludes halogenated alkanes) is 5. The third-order valence-electron chi connectivity index (χ3n) is 9.06. The summed E-state index contributed by atoms with van der Waals surface area (Å²) in [4.78, 5) is 0. The number of hydrogen-bond acceptors (Lipinski definition) is 7. The van der Waals surface area contributed by atoms with E-state index in [4.69, 9.17) is 33.5 Å². The summed E-state index contributed by atoms with van der Waals surface area (Å²) in [6.45, 7) is 21.3. The average molecular weight is 685 g/mol. The van der Waals surface area contributed by atoms with Crippen LogP contribution in [0.5, 0.6) is 11.6 Å². The molecule has 0 spiro atoms. The molecular formula is C41H68N2O6. The Bertz CT molecular complexity index is 1190. The third kappa shape index (κ3) is 13.0. The third-order valence-corrected chi connectivity index (χ3v) is 9.06. The molecule has 1 aromatic heterocycles. The van der Waals surface area contributed by atoms with Crippen LogP contribution >= 0.6 is 0 Å². The molecule has 1 aliphatic carbocycles. The van der Waals surface area contributed by atoms with Gasteiger partial charge in [-0.15, -0.1) is 5.10 Å². The van der Waals surface area contributed by atoms with Gasteiger partial charge in [0.25, 0.3) is 0 Å². The number of benzene rings is 1. The standard InChI is InChI=1S/C41H68N2O6/c1-9-14-23-44-30-34-29-37(39(47-26-17-12-4)40(48-27-18-13-5)38(34)46-25-16-11-3)49-41-36(32(8)43(42-41)31(6)7)28-33-19-21-35(22-20-33)45-24-15-10-2/h19-22,29,31,37-40H,9-18,23-28,30H2,1-8H3/t37-,38-,39+,40+/m1/s1. The molecule has 0 saturated heterocycles. The van der Waals surface area contributed by atoms with Crippen molar-refractivity contribution >= 4 is 0 Å². The first-order valence-corrected chi connectivity index (χ1v) is 19.5. The van der Waals surface area contributed by atoms with Gasteiger partial charge in [-0.05, 0) is 82.2 Å². The monoisotopic (exact) mass is 685 g/mol. The lowest BCUT2D eigenvalue weighted by Gasteiger charge is -2.41. The smallest absolute Gasteiger partial charge is 0.237 e. The molecule has 0 unspecified atom stereocenters. The predicted molar refractivity (Wildman–Crippen MR) is 199 cm³/mol. The van der Waals surface area contributed by atoms with Gasteiger partial charge in [0.1, 0.15) is 30.2 Å². The Morgan fingerprint density at radius 1 is 0.714 bits per heavy atom. The Balaban J connectivity index is 2.02. The molecule has 0 saturated carbocycles. The molecule has 3 rings (SSSR count). The summed E-state index contributed by atoms with van der Waals surface area (Å²) >= 11 is 0. The second-order valence-corrected chi connectivity index (χ2v) is 13.7. The molecule has 1 aliphatic rings. The Morgan fingerprint density at radius 3 is 1.90 bits per heavy atom. The van der Waals surface area contributed by atoms with Gasteiger partial charge in [-0.3, -0.25) is 4.68 Å². The summed E-state index contributed by atoms with van der Waals surface area (Å²) in [6, 6.07) is 8.62. The Morgan fingerprint density at radius 2 is 1.29 bits per heavy atom. The molecule has 278 valence electrons. The zero-order chi connectivity index (χ0) is 35.4. The van der Waals surface area contributed by atoms with Crippen LogP contribution in [0.2, 0.25) is 0 Å². The van der Waals surface area contributed by atoms with Gasteiger partial charge in [-0.25, -0.2) is 0 Å². The number of ether oxygens (including phenoxy) is 6. The lowest BCUT2D eigenvalue weighted by molar-refractivity contribution is -0.159. The number of hydrogen-bond donors (Lipinski definition) is 0. The van der Waals surface area contributed by atoms with Gasteiger partial charge in [0.2, 0.25) is 5.88 Å². The molecular weight excluding hydrogens is 616 g/mol. The minimum atomic E-state index is -0.415. The van der Waals surface area contributed by atoms with E-state index in [1.54, 1.807) is 0 Å². The van der Waals surface area contributed by atoms with E-state index in [1.807, 2.05) is 0 Å². The van der Waals surface area contributed by atoms with Gasteiger partial charge in [0.15, 0.2) is 0 Å². The quantitative estimate of drug-likeness (QED) is 0.0722. The molecule has 4 atom stereocenters. The van der Waals surface area contributed by atoms with Crippen LogP contribution in [-0.4, -0.2) is 73.8 Å². The zero-order valence-electron chi connectivity index (χ0n) is 32.1. The lowest BCUT2D eigenvalue weighted by atomic mass is 9.88. The Kier molecular flexibility index (Phi) is 19.4. The number of aromatic nitrogens is 2. The molecule has 49 heavy (non-hydrogen) atoms. The van der Waals surface area contributed by atoms with Crippen LogP contribution in [0.4, 0.5) is 0 Å². The molecule has 0 amide bonds. The van der Waals surface area contributed by atoms with Crippen molar-refractivity contribution < 1.29 is 28.4 Å². The van der Waals surface area contributed by atoms with Crippen molar-refractivity contribution in [2.45, 2.75) is 156 Å². The lowest BCUT2D eigenvalue weighted by Crippen LogP contribution is -2.55. The first-order chi connectivity index (χ1) is 23.9. The van der Waals surface area contributed by atoms with Gasteiger partial charge < -0.3 is 28.4 Å². The molecule has 1 heterocycles. The highest BCUT2D eigenvalue weighted by molar-refractivity contribution is 5.39. The maximum Gasteiger partial charge on any atom is 0.237 e. The zero-order valence-corrected chi connectivity index (χ0v) is 32.1. The fourth-order valence-electron chi connectivity index (χ4n) is 5.99. The summed E-state index contributed by atoms with van der Waals surface area (Å²) in [7, 11) is 0. The maximum atomic E-state index is 7.02. The van der Waals surface area contributed by atoms with E-state index in [2.05, 4.69) is 90.4 Å². The van der Waals surface area contributed by atoms with E-state index in [-0.39, 0.29) is 24.4 Å². The van der Waals surface area contributed by atoms with Crippen LogP contribution in [0.3, 0.4) is 0 Å². The molecule has 0 radical (unpaired) electrons. The summed E-state index contributed by atoms with van der Waals surface area (Å²) in [5.41, 5.74) is 4.44. The van der Waals surface area contributed by atoms with Crippen LogP contribution in [0.1, 0.15) is 136 Å². The molecule has 0 fully saturated rings. The SMILES string of the molecule is CCCCOCC1=C[C@@H](Oc2nn(C(C)C)c(C)c2Cc2ccc(OCCCC)cc2)[C@H](OCCCC)[C@@H](OCCCC)[C@@H]1OCCCC. The van der Waals surface area contributed by atoms with E-state index in [0.717, 1.165) is 93.4 Å². The second kappa shape index (κ2) is 23.2. The first kappa shape index (κ1) is 41.0. The minimum Gasteiger partial charge on any atom is -0.494 e. The molecule has 0 aliphatic heterocycles. The fourth-order valence-corrected chi connectivity index (χ4v) is 5.99. The molecule has 0 bridgehead atoms. The van der Waals surface area contributed by atoms with E-state index in [9.17, 15) is 0 Å². The van der Waals surface area contributed by atoms with Crippen molar-refractivity contribution in [2.24, 2.45) is 0 Å². The normalized spacial score (nSPS) is 19.4. The van der Waals surface area contributed by atoms with Gasteiger partial charge in [-0.2, -0.15) is 0 Å². The van der Waals surface area contributed by atoms with Crippen LogP contribution in [0, 0.1) is 6.92 Å². The van der Waals surface area contributed by atoms with Crippen LogP contribution in [0.15, 0.2) is 35.9 Å². The highest BCUT2D eigenvalue weighted by atomic mass is 16.6. The number of rotatable bonds is 26. The van der Waals surface area contributed by atoms with Crippen molar-refractivity contribution in [1.82, 2.24) is 9.78 Å². The molecule has 8 heteroatoms. The summed E-state index contributed by atoms with van der Waals surface area (Å²) < 4.78 is 41.3. The largest absolute Gasteiger partial charge is 0.494 e. The molecule has 1 aromatic carbocycles. The Labute approximate surface area is 298 Å². The topological polar surface area (TPSA) is 73.2 Å². The Hall–Kier alpha value is -2.39. The van der Waals surface area contributed by atoms with Crippen molar-refractivity contribution in [1.29, 1.82) is 0 Å². The van der Waals surface area contributed by atoms with Crippen LogP contribution in [0.25, 0.3) is 0 Å². The number of nitrogens with zero attached hydrogens (tertiary/aromatic N) is 2. The van der Waals surface area contributed by atoms with Crippen molar-refractivity contribution in [3.63, 3.8) is 0 Å². The summed E-state index contributed by atoms with van der Waals surface area (Å²) in [5, 5.41) is 5.07. The first-order valence-electron chi connectivity index (χ1n) is 19.5. The summed E-state index contributed by atoms with van der Waals surface area (Å²) in [5.74, 6) is 1.55. The predicted octanol–water partition coefficient (Wildman–Crippen LogP) is 9.60. The average Bonchev–Trinajstić information content (AvgIpc) is 3.40. The van der Waals surface area contributed by atoms with Crippen LogP contribution < -0.4 is 9.47 Å². The second-order valence-electron chi connectivity index (χ2n) is 13.7. The van der Waals surface area contributed by atoms with E-state index in [1.165, 1.54) is 5.56 Å². The van der Waals surface area contributed by atoms with Gasteiger partial charge in [0, 0.05) is 50.1 Å². The maximum absolute atomic E-state index is 7.02. The van der Waals surface area contributed by atoms with Crippen molar-refractivity contribution in [2.75, 3.05) is 39.6 Å². The minimum absolute atomic E-state index is 0.188. The highest BCUT2D eigenvalue weighted by Gasteiger charge is 2.44. The van der Waals surface area contributed by atoms with Gasteiger partial charge in [-0.1, -0.05) is 78.9 Å². The van der Waals surface area contributed by atoms with E-state index in [0.29, 0.717) is 45.3 Å². The van der Waals surface area contributed by atoms with Gasteiger partial charge in [0.05, 0.1) is 13.2 Å². The van der Waals surface area contributed by atoms with Gasteiger partial charge >= 0.3 is 0 Å². The molecule has 2 aromatic rings. The van der Waals surface area contributed by atoms with Crippen LogP contribution in [-0.2, 0) is 25.4 Å². The van der Waals surface area contributed by atoms with Crippen molar-refractivity contribution in [3.8, 4) is 11.6 Å². The molecule has 0 N–H and O–H groups in total. The highest BCUT2D eigenvalue weighted by Crippen LogP contribution is 2.34. The van der Waals surface area contributed by atoms with E-state index < -0.39 is 6.10 Å². The summed E-state index contributed by atoms with van der Waals surface area (Å²) in [6.07, 6.45) is 11.9.